The van der Waals surface area contributed by atoms with Crippen LogP contribution in [-0.4, -0.2) is 30.7 Å². The molecule has 0 bridgehead atoms. The van der Waals surface area contributed by atoms with E-state index in [1.165, 1.54) is 6.92 Å². The molecule has 0 aromatic carbocycles. The Kier molecular flexibility index (Phi) is 6.15. The third-order valence-electron chi connectivity index (χ3n) is 4.95. The number of carbonyl (C=O) groups excluding carboxylic acids is 3. The molecule has 0 atom stereocenters. The number of amides is 2. The van der Waals surface area contributed by atoms with Gasteiger partial charge in [0.25, 0.3) is 0 Å². The van der Waals surface area contributed by atoms with Crippen LogP contribution in [0.25, 0.3) is 0 Å². The van der Waals surface area contributed by atoms with Crippen LogP contribution in [0.3, 0.4) is 0 Å². The standard InChI is InChI=1S/C16H30N2O3/c1-11(19)9-17-12(20)10-18-13(21)15(5,6)16(7,8)14(2,3)4/h9-10H2,1-8H3,(H,17,20)(H,18,21). The summed E-state index contributed by atoms with van der Waals surface area (Å²) in [5.41, 5.74) is -0.962. The van der Waals surface area contributed by atoms with E-state index in [1.54, 1.807) is 0 Å². The molecule has 0 aromatic rings. The predicted octanol–water partition coefficient (Wildman–Crippen LogP) is 1.91. The lowest BCUT2D eigenvalue weighted by atomic mass is 9.55. The zero-order valence-electron chi connectivity index (χ0n) is 14.6. The van der Waals surface area contributed by atoms with Gasteiger partial charge in [-0.3, -0.25) is 14.4 Å². The largest absolute Gasteiger partial charge is 0.348 e. The maximum Gasteiger partial charge on any atom is 0.239 e. The van der Waals surface area contributed by atoms with Crippen LogP contribution in [0, 0.1) is 16.2 Å². The predicted molar refractivity (Wildman–Crippen MR) is 83.7 cm³/mol. The Labute approximate surface area is 128 Å². The molecule has 122 valence electrons. The molecule has 5 nitrogen and oxygen atoms in total. The van der Waals surface area contributed by atoms with E-state index in [4.69, 9.17) is 0 Å². The third-order valence-corrected chi connectivity index (χ3v) is 4.95. The van der Waals surface area contributed by atoms with Gasteiger partial charge in [0, 0.05) is 5.41 Å². The maximum atomic E-state index is 12.4. The van der Waals surface area contributed by atoms with Crippen molar-refractivity contribution in [3.63, 3.8) is 0 Å². The van der Waals surface area contributed by atoms with Crippen LogP contribution < -0.4 is 10.6 Å². The summed E-state index contributed by atoms with van der Waals surface area (Å²) in [6.07, 6.45) is 0. The lowest BCUT2D eigenvalue weighted by Gasteiger charge is -2.49. The van der Waals surface area contributed by atoms with Crippen molar-refractivity contribution in [3.8, 4) is 0 Å². The molecule has 0 aliphatic carbocycles. The Hall–Kier alpha value is -1.39. The summed E-state index contributed by atoms with van der Waals surface area (Å²) in [6.45, 7) is 15.5. The maximum absolute atomic E-state index is 12.4. The third kappa shape index (κ3) is 4.83. The summed E-state index contributed by atoms with van der Waals surface area (Å²) in [6, 6.07) is 0. The van der Waals surface area contributed by atoms with Gasteiger partial charge in [0.15, 0.2) is 0 Å². The van der Waals surface area contributed by atoms with Crippen LogP contribution in [0.4, 0.5) is 0 Å². The van der Waals surface area contributed by atoms with Crippen molar-refractivity contribution in [1.29, 1.82) is 0 Å². The van der Waals surface area contributed by atoms with E-state index < -0.39 is 5.41 Å². The van der Waals surface area contributed by atoms with Gasteiger partial charge in [-0.15, -0.1) is 0 Å². The zero-order valence-corrected chi connectivity index (χ0v) is 14.6. The lowest BCUT2D eigenvalue weighted by Crippen LogP contribution is -2.53. The highest BCUT2D eigenvalue weighted by Gasteiger charge is 2.49. The molecule has 0 unspecified atom stereocenters. The Balaban J connectivity index is 4.72. The fourth-order valence-corrected chi connectivity index (χ4v) is 1.89. The van der Waals surface area contributed by atoms with Crippen molar-refractivity contribution >= 4 is 17.6 Å². The van der Waals surface area contributed by atoms with E-state index in [1.807, 2.05) is 13.8 Å². The second-order valence-electron chi connectivity index (χ2n) is 7.66. The molecule has 0 aliphatic rings. The molecule has 0 saturated heterocycles. The van der Waals surface area contributed by atoms with Gasteiger partial charge in [-0.05, 0) is 17.8 Å². The molecule has 0 heterocycles. The molecule has 2 amide bonds. The van der Waals surface area contributed by atoms with Gasteiger partial charge in [-0.25, -0.2) is 0 Å². The lowest BCUT2D eigenvalue weighted by molar-refractivity contribution is -0.142. The monoisotopic (exact) mass is 298 g/mol. The number of hydrogen-bond acceptors (Lipinski definition) is 3. The first-order valence-electron chi connectivity index (χ1n) is 7.28. The number of carbonyl (C=O) groups is 3. The van der Waals surface area contributed by atoms with Gasteiger partial charge in [0.1, 0.15) is 5.78 Å². The van der Waals surface area contributed by atoms with Crippen LogP contribution in [0.15, 0.2) is 0 Å². The molecule has 0 fully saturated rings. The van der Waals surface area contributed by atoms with Crippen LogP contribution in [0.5, 0.6) is 0 Å². The smallest absolute Gasteiger partial charge is 0.239 e. The van der Waals surface area contributed by atoms with Crippen molar-refractivity contribution in [3.05, 3.63) is 0 Å². The fourth-order valence-electron chi connectivity index (χ4n) is 1.89. The van der Waals surface area contributed by atoms with Crippen LogP contribution in [0.2, 0.25) is 0 Å². The summed E-state index contributed by atoms with van der Waals surface area (Å²) >= 11 is 0. The van der Waals surface area contributed by atoms with Crippen LogP contribution in [-0.2, 0) is 14.4 Å². The SMILES string of the molecule is CC(=O)CNC(=O)CNC(=O)C(C)(C)C(C)(C)C(C)(C)C. The van der Waals surface area contributed by atoms with E-state index in [9.17, 15) is 14.4 Å². The van der Waals surface area contributed by atoms with Gasteiger partial charge in [0.2, 0.25) is 11.8 Å². The van der Waals surface area contributed by atoms with E-state index in [-0.39, 0.29) is 41.5 Å². The summed E-state index contributed by atoms with van der Waals surface area (Å²) in [4.78, 5) is 34.8. The number of ketones is 1. The fraction of sp³-hybridized carbons (Fsp3) is 0.812. The molecule has 0 rings (SSSR count). The minimum Gasteiger partial charge on any atom is -0.348 e. The second kappa shape index (κ2) is 6.58. The number of rotatable bonds is 6. The van der Waals surface area contributed by atoms with Gasteiger partial charge in [-0.2, -0.15) is 0 Å². The molecule has 0 aliphatic heterocycles. The average molecular weight is 298 g/mol. The Morgan fingerprint density at radius 1 is 0.810 bits per heavy atom. The molecule has 0 aromatic heterocycles. The highest BCUT2D eigenvalue weighted by Crippen LogP contribution is 2.51. The van der Waals surface area contributed by atoms with E-state index in [0.29, 0.717) is 0 Å². The molecule has 2 N–H and O–H groups in total. The first kappa shape index (κ1) is 19.6. The van der Waals surface area contributed by atoms with Crippen LogP contribution >= 0.6 is 0 Å². The van der Waals surface area contributed by atoms with Crippen molar-refractivity contribution < 1.29 is 14.4 Å². The van der Waals surface area contributed by atoms with Crippen LogP contribution in [0.1, 0.15) is 55.4 Å². The van der Waals surface area contributed by atoms with Gasteiger partial charge < -0.3 is 10.6 Å². The average Bonchev–Trinajstić information content (AvgIpc) is 2.31. The Morgan fingerprint density at radius 2 is 1.29 bits per heavy atom. The Morgan fingerprint density at radius 3 is 1.67 bits per heavy atom. The summed E-state index contributed by atoms with van der Waals surface area (Å²) in [7, 11) is 0. The number of Topliss-reactive ketones (excluding diaryl/α,β-unsaturated/α-hetero) is 1. The number of nitrogens with one attached hydrogen (secondary N) is 2. The number of hydrogen-bond donors (Lipinski definition) is 2. The molecular formula is C16H30N2O3. The van der Waals surface area contributed by atoms with E-state index in [2.05, 4.69) is 45.3 Å². The topological polar surface area (TPSA) is 75.3 Å². The molecule has 0 radical (unpaired) electrons. The highest BCUT2D eigenvalue weighted by molar-refractivity contribution is 5.89. The normalized spacial score (nSPS) is 12.8. The first-order valence-corrected chi connectivity index (χ1v) is 7.28. The van der Waals surface area contributed by atoms with Gasteiger partial charge in [0.05, 0.1) is 13.1 Å². The highest BCUT2D eigenvalue weighted by atomic mass is 16.2. The van der Waals surface area contributed by atoms with E-state index in [0.717, 1.165) is 0 Å². The second-order valence-corrected chi connectivity index (χ2v) is 7.66. The van der Waals surface area contributed by atoms with Gasteiger partial charge in [-0.1, -0.05) is 48.5 Å². The first-order chi connectivity index (χ1) is 9.23. The van der Waals surface area contributed by atoms with Crippen molar-refractivity contribution in [2.75, 3.05) is 13.1 Å². The Bertz CT molecular complexity index is 418. The zero-order chi connectivity index (χ0) is 17.1. The molecule has 21 heavy (non-hydrogen) atoms. The minimum absolute atomic E-state index is 0.00835. The molecule has 5 heteroatoms. The molecule has 0 saturated carbocycles. The molecule has 0 spiro atoms. The van der Waals surface area contributed by atoms with Crippen molar-refractivity contribution in [2.24, 2.45) is 16.2 Å². The summed E-state index contributed by atoms with van der Waals surface area (Å²) in [5.74, 6) is -0.646. The summed E-state index contributed by atoms with van der Waals surface area (Å²) in [5, 5.41) is 5.12. The molecular weight excluding hydrogens is 268 g/mol. The van der Waals surface area contributed by atoms with Crippen molar-refractivity contribution in [2.45, 2.75) is 55.4 Å². The van der Waals surface area contributed by atoms with Gasteiger partial charge >= 0.3 is 0 Å². The van der Waals surface area contributed by atoms with E-state index >= 15 is 0 Å². The quantitative estimate of drug-likeness (QED) is 0.786. The summed E-state index contributed by atoms with van der Waals surface area (Å²) < 4.78 is 0. The van der Waals surface area contributed by atoms with Crippen molar-refractivity contribution in [1.82, 2.24) is 10.6 Å². The minimum atomic E-state index is -0.633.